The molecule has 1 atom stereocenters. The maximum Gasteiger partial charge on any atom is 0.243 e. The molecule has 0 radical (unpaired) electrons. The van der Waals surface area contributed by atoms with Gasteiger partial charge in [0, 0.05) is 17.1 Å². The Morgan fingerprint density at radius 1 is 1.07 bits per heavy atom. The first kappa shape index (κ1) is 23.9. The molecule has 2 aromatic carbocycles. The topological polar surface area (TPSA) is 49.4 Å². The second kappa shape index (κ2) is 10.1. The molecule has 0 unspecified atom stereocenters. The van der Waals surface area contributed by atoms with Crippen LogP contribution in [-0.2, 0) is 22.6 Å². The lowest BCUT2D eigenvalue weighted by Gasteiger charge is -2.33. The summed E-state index contributed by atoms with van der Waals surface area (Å²) in [6.07, 6.45) is 0.760. The number of nitrogens with zero attached hydrogens (tertiary/aromatic N) is 1. The summed E-state index contributed by atoms with van der Waals surface area (Å²) < 4.78 is 0. The first-order chi connectivity index (χ1) is 14.0. The molecule has 0 aliphatic rings. The Hall–Kier alpha value is -2.33. The number of carbonyl (C=O) groups is 2. The zero-order valence-electron chi connectivity index (χ0n) is 18.9. The number of hydrogen-bond acceptors (Lipinski definition) is 2. The van der Waals surface area contributed by atoms with Crippen LogP contribution in [0.25, 0.3) is 0 Å². The number of hydrogen-bond donors (Lipinski definition) is 1. The summed E-state index contributed by atoms with van der Waals surface area (Å²) in [6.45, 7) is 12.1. The summed E-state index contributed by atoms with van der Waals surface area (Å²) in [7, 11) is 0. The van der Waals surface area contributed by atoms with Crippen molar-refractivity contribution in [3.05, 3.63) is 69.7 Å². The van der Waals surface area contributed by atoms with Gasteiger partial charge in [-0.05, 0) is 69.4 Å². The van der Waals surface area contributed by atoms with Gasteiger partial charge in [-0.15, -0.1) is 0 Å². The second-order valence-corrected chi connectivity index (χ2v) is 9.28. The standard InChI is InChI=1S/C25H33ClN2O2/c1-7-22(24(30)27-25(4,5)6)28(16-20-10-8-9-11-21(20)26)23(29)15-19-13-12-17(2)18(3)14-19/h8-14,22H,7,15-16H2,1-6H3,(H,27,30)/t22-/m0/s1. The highest BCUT2D eigenvalue weighted by Crippen LogP contribution is 2.21. The van der Waals surface area contributed by atoms with Gasteiger partial charge in [-0.2, -0.15) is 0 Å². The van der Waals surface area contributed by atoms with Gasteiger partial charge in [0.15, 0.2) is 0 Å². The number of carbonyl (C=O) groups excluding carboxylic acids is 2. The molecule has 0 heterocycles. The van der Waals surface area contributed by atoms with Crippen molar-refractivity contribution in [2.24, 2.45) is 0 Å². The monoisotopic (exact) mass is 428 g/mol. The third-order valence-electron chi connectivity index (χ3n) is 5.11. The van der Waals surface area contributed by atoms with E-state index in [9.17, 15) is 9.59 Å². The average molecular weight is 429 g/mol. The van der Waals surface area contributed by atoms with E-state index in [4.69, 9.17) is 11.6 Å². The van der Waals surface area contributed by atoms with E-state index in [1.54, 1.807) is 11.0 Å². The van der Waals surface area contributed by atoms with Crippen LogP contribution in [0, 0.1) is 13.8 Å². The predicted octanol–water partition coefficient (Wildman–Crippen LogP) is 5.22. The lowest BCUT2D eigenvalue weighted by Crippen LogP contribution is -2.53. The SMILES string of the molecule is CC[C@@H](C(=O)NC(C)(C)C)N(Cc1ccccc1Cl)C(=O)Cc1ccc(C)c(C)c1. The molecule has 0 aliphatic carbocycles. The number of aryl methyl sites for hydroxylation is 2. The average Bonchev–Trinajstić information content (AvgIpc) is 2.64. The molecule has 4 nitrogen and oxygen atoms in total. The molecule has 1 N–H and O–H groups in total. The van der Waals surface area contributed by atoms with E-state index >= 15 is 0 Å². The van der Waals surface area contributed by atoms with E-state index in [-0.39, 0.29) is 23.8 Å². The summed E-state index contributed by atoms with van der Waals surface area (Å²) in [5, 5.41) is 3.61. The molecule has 0 bridgehead atoms. The second-order valence-electron chi connectivity index (χ2n) is 8.87. The Kier molecular flexibility index (Phi) is 8.08. The molecule has 30 heavy (non-hydrogen) atoms. The summed E-state index contributed by atoms with van der Waals surface area (Å²) in [6, 6.07) is 12.9. The molecule has 0 saturated heterocycles. The first-order valence-corrected chi connectivity index (χ1v) is 10.8. The Balaban J connectivity index is 2.35. The molecule has 0 saturated carbocycles. The van der Waals surface area contributed by atoms with Crippen LogP contribution >= 0.6 is 11.6 Å². The minimum atomic E-state index is -0.570. The van der Waals surface area contributed by atoms with E-state index in [2.05, 4.69) is 12.2 Å². The first-order valence-electron chi connectivity index (χ1n) is 10.4. The minimum absolute atomic E-state index is 0.0888. The highest BCUT2D eigenvalue weighted by molar-refractivity contribution is 6.31. The molecule has 2 rings (SSSR count). The van der Waals surface area contributed by atoms with Gasteiger partial charge >= 0.3 is 0 Å². The molecule has 2 amide bonds. The highest BCUT2D eigenvalue weighted by Gasteiger charge is 2.31. The fourth-order valence-corrected chi connectivity index (χ4v) is 3.57. The Morgan fingerprint density at radius 3 is 2.30 bits per heavy atom. The van der Waals surface area contributed by atoms with Crippen molar-refractivity contribution in [3.63, 3.8) is 0 Å². The van der Waals surface area contributed by atoms with Crippen molar-refractivity contribution in [1.29, 1.82) is 0 Å². The number of nitrogens with one attached hydrogen (secondary N) is 1. The molecule has 162 valence electrons. The van der Waals surface area contributed by atoms with E-state index in [1.165, 1.54) is 5.56 Å². The Labute approximate surface area is 185 Å². The van der Waals surface area contributed by atoms with Gasteiger partial charge in [-0.1, -0.05) is 54.9 Å². The van der Waals surface area contributed by atoms with Crippen LogP contribution < -0.4 is 5.32 Å². The maximum absolute atomic E-state index is 13.4. The predicted molar refractivity (Wildman–Crippen MR) is 124 cm³/mol. The van der Waals surface area contributed by atoms with Crippen molar-refractivity contribution in [2.75, 3.05) is 0 Å². The minimum Gasteiger partial charge on any atom is -0.350 e. The third kappa shape index (κ3) is 6.60. The molecule has 2 aromatic rings. The van der Waals surface area contributed by atoms with Crippen molar-refractivity contribution in [3.8, 4) is 0 Å². The van der Waals surface area contributed by atoms with Gasteiger partial charge in [-0.3, -0.25) is 9.59 Å². The van der Waals surface area contributed by atoms with Gasteiger partial charge in [0.2, 0.25) is 11.8 Å². The van der Waals surface area contributed by atoms with E-state index in [0.29, 0.717) is 18.0 Å². The summed E-state index contributed by atoms with van der Waals surface area (Å²) in [4.78, 5) is 28.1. The molecule has 0 fully saturated rings. The number of benzene rings is 2. The van der Waals surface area contributed by atoms with Gasteiger partial charge in [0.25, 0.3) is 0 Å². The molecular weight excluding hydrogens is 396 g/mol. The zero-order chi connectivity index (χ0) is 22.5. The van der Waals surface area contributed by atoms with Gasteiger partial charge in [-0.25, -0.2) is 0 Å². The smallest absolute Gasteiger partial charge is 0.243 e. The van der Waals surface area contributed by atoms with Crippen LogP contribution in [0.4, 0.5) is 0 Å². The van der Waals surface area contributed by atoms with Crippen molar-refractivity contribution in [2.45, 2.75) is 72.5 Å². The van der Waals surface area contributed by atoms with E-state index in [0.717, 1.165) is 16.7 Å². The Bertz CT molecular complexity index is 902. The maximum atomic E-state index is 13.4. The Morgan fingerprint density at radius 2 is 1.73 bits per heavy atom. The van der Waals surface area contributed by atoms with Crippen LogP contribution in [0.3, 0.4) is 0 Å². The zero-order valence-corrected chi connectivity index (χ0v) is 19.6. The quantitative estimate of drug-likeness (QED) is 0.657. The van der Waals surface area contributed by atoms with Crippen LogP contribution in [-0.4, -0.2) is 28.3 Å². The molecule has 0 aliphatic heterocycles. The summed E-state index contributed by atoms with van der Waals surface area (Å²) in [5.41, 5.74) is 3.73. The van der Waals surface area contributed by atoms with Crippen LogP contribution in [0.5, 0.6) is 0 Å². The van der Waals surface area contributed by atoms with Gasteiger partial charge in [0.05, 0.1) is 6.42 Å². The van der Waals surface area contributed by atoms with Crippen molar-refractivity contribution >= 4 is 23.4 Å². The largest absolute Gasteiger partial charge is 0.350 e. The number of amides is 2. The molecular formula is C25H33ClN2O2. The van der Waals surface area contributed by atoms with E-state index < -0.39 is 6.04 Å². The molecule has 0 aromatic heterocycles. The van der Waals surface area contributed by atoms with Crippen LogP contribution in [0.2, 0.25) is 5.02 Å². The summed E-state index contributed by atoms with van der Waals surface area (Å²) >= 11 is 6.37. The highest BCUT2D eigenvalue weighted by atomic mass is 35.5. The number of rotatable bonds is 7. The summed E-state index contributed by atoms with van der Waals surface area (Å²) in [5.74, 6) is -0.237. The van der Waals surface area contributed by atoms with Gasteiger partial charge < -0.3 is 10.2 Å². The van der Waals surface area contributed by atoms with Crippen LogP contribution in [0.15, 0.2) is 42.5 Å². The fraction of sp³-hybridized carbons (Fsp3) is 0.440. The third-order valence-corrected chi connectivity index (χ3v) is 5.48. The molecule has 5 heteroatoms. The van der Waals surface area contributed by atoms with Gasteiger partial charge in [0.1, 0.15) is 6.04 Å². The number of halogens is 1. The molecule has 0 spiro atoms. The van der Waals surface area contributed by atoms with Crippen molar-refractivity contribution in [1.82, 2.24) is 10.2 Å². The van der Waals surface area contributed by atoms with Crippen molar-refractivity contribution < 1.29 is 9.59 Å². The van der Waals surface area contributed by atoms with Crippen LogP contribution in [0.1, 0.15) is 56.4 Å². The fourth-order valence-electron chi connectivity index (χ4n) is 3.37. The lowest BCUT2D eigenvalue weighted by atomic mass is 10.0. The normalized spacial score (nSPS) is 12.4. The lowest BCUT2D eigenvalue weighted by molar-refractivity contribution is -0.141. The van der Waals surface area contributed by atoms with E-state index in [1.807, 2.05) is 71.0 Å².